The molecule has 3 N–H and O–H groups in total. The molecule has 2 rings (SSSR count). The Morgan fingerprint density at radius 1 is 0.979 bits per heavy atom. The molecular formula is C24H38FN2O19P. The first-order valence-corrected chi connectivity index (χ1v) is 14.8. The quantitative estimate of drug-likeness (QED) is 0.0880. The minimum atomic E-state index is -5.36. The first-order valence-electron chi connectivity index (χ1n) is 13.4. The highest BCUT2D eigenvalue weighted by Gasteiger charge is 2.66. The second kappa shape index (κ2) is 18.5. The third-order valence-electron chi connectivity index (χ3n) is 6.05. The maximum absolute atomic E-state index is 14.7. The largest absolute Gasteiger partial charge is 0.510 e. The van der Waals surface area contributed by atoms with Crippen molar-refractivity contribution in [1.82, 2.24) is 9.55 Å². The van der Waals surface area contributed by atoms with Gasteiger partial charge >= 0.3 is 25.8 Å². The Balaban J connectivity index is 2.28. The number of aromatic amines is 1. The average Bonchev–Trinajstić information content (AvgIpc) is 3.18. The highest BCUT2D eigenvalue weighted by molar-refractivity contribution is 7.48. The smallest absolute Gasteiger partial charge is 0.426 e. The van der Waals surface area contributed by atoms with E-state index >= 15 is 0 Å². The average molecular weight is 709 g/mol. The summed E-state index contributed by atoms with van der Waals surface area (Å²) < 4.78 is 88.2. The second-order valence-corrected chi connectivity index (χ2v) is 11.3. The molecule has 21 nitrogen and oxygen atoms in total. The van der Waals surface area contributed by atoms with Crippen molar-refractivity contribution in [3.8, 4) is 0 Å². The molecule has 270 valence electrons. The molecule has 1 aromatic rings. The van der Waals surface area contributed by atoms with Crippen molar-refractivity contribution >= 4 is 20.1 Å². The molecule has 1 aliphatic heterocycles. The number of halogens is 1. The fourth-order valence-electron chi connectivity index (χ4n) is 3.98. The number of methoxy groups -OCH3 is 4. The third kappa shape index (κ3) is 11.3. The molecule has 1 fully saturated rings. The third-order valence-corrected chi connectivity index (χ3v) is 7.42. The summed E-state index contributed by atoms with van der Waals surface area (Å²) >= 11 is 0. The lowest BCUT2D eigenvalue weighted by Crippen LogP contribution is -2.52. The molecule has 0 bridgehead atoms. The summed E-state index contributed by atoms with van der Waals surface area (Å²) in [5.41, 5.74) is -4.53. The molecule has 47 heavy (non-hydrogen) atoms. The van der Waals surface area contributed by atoms with E-state index in [0.29, 0.717) is 4.57 Å². The van der Waals surface area contributed by atoms with Crippen LogP contribution in [-0.2, 0) is 60.8 Å². The fraction of sp³-hybridized carbons (Fsp3) is 0.750. The summed E-state index contributed by atoms with van der Waals surface area (Å²) in [4.78, 5) is 50.0. The van der Waals surface area contributed by atoms with E-state index in [0.717, 1.165) is 19.2 Å². The van der Waals surface area contributed by atoms with Crippen LogP contribution in [0, 0.1) is 0 Å². The number of ether oxygens (including phenoxy) is 9. The molecule has 0 unspecified atom stereocenters. The SMILES string of the molecule is COCC(COC)OC(=O)OCOP(=O)(OCOC(=O)OC(COC)COC)O[C@@]1(CF)O[C@@H](n2ccc(=O)[nH]c2=O)[C@](C)(O)[C@@H]1O. The number of phosphoric ester groups is 1. The van der Waals surface area contributed by atoms with Gasteiger partial charge in [-0.25, -0.2) is 36.9 Å². The van der Waals surface area contributed by atoms with E-state index < -0.39 is 87.6 Å². The van der Waals surface area contributed by atoms with E-state index in [-0.39, 0.29) is 26.4 Å². The van der Waals surface area contributed by atoms with Crippen LogP contribution in [0.15, 0.2) is 21.9 Å². The number of alkyl halides is 1. The van der Waals surface area contributed by atoms with Gasteiger partial charge in [0.15, 0.2) is 18.4 Å². The second-order valence-electron chi connectivity index (χ2n) is 9.68. The van der Waals surface area contributed by atoms with Crippen LogP contribution in [0.1, 0.15) is 13.2 Å². The monoisotopic (exact) mass is 708 g/mol. The molecule has 0 aliphatic carbocycles. The number of aliphatic hydroxyl groups is 2. The normalized spacial score (nSPS) is 22.9. The lowest BCUT2D eigenvalue weighted by atomic mass is 9.95. The van der Waals surface area contributed by atoms with Gasteiger partial charge in [-0.2, -0.15) is 0 Å². The standard InChI is InChI=1S/C24H38FN2O19P/c1-23(33)18(29)24(12-25,45-19(23)27-7-6-17(28)26-20(27)30)46-47(34,41-13-39-21(31)43-15(8-35-2)9-36-3)42-14-40-22(32)44-16(10-37-4)11-38-5/h6-7,15-16,18-19,29,33H,8-14H2,1-5H3,(H,26,28,30)/t18-,19+,23+,24+/m0/s1. The Hall–Kier alpha value is -3.02. The summed E-state index contributed by atoms with van der Waals surface area (Å²) in [5.74, 6) is -3.11. The summed E-state index contributed by atoms with van der Waals surface area (Å²) in [7, 11) is -0.0488. The predicted octanol–water partition coefficient (Wildman–Crippen LogP) is -0.455. The predicted molar refractivity (Wildman–Crippen MR) is 148 cm³/mol. The Morgan fingerprint density at radius 3 is 1.85 bits per heavy atom. The molecule has 0 amide bonds. The zero-order chi connectivity index (χ0) is 35.3. The number of hydrogen-bond acceptors (Lipinski definition) is 19. The molecular weight excluding hydrogens is 670 g/mol. The molecule has 1 aromatic heterocycles. The number of carbonyl (C=O) groups is 2. The molecule has 4 atom stereocenters. The van der Waals surface area contributed by atoms with Gasteiger partial charge in [0.25, 0.3) is 5.56 Å². The lowest BCUT2D eigenvalue weighted by molar-refractivity contribution is -0.239. The van der Waals surface area contributed by atoms with Crippen molar-refractivity contribution in [3.63, 3.8) is 0 Å². The van der Waals surface area contributed by atoms with Crippen LogP contribution in [0.5, 0.6) is 0 Å². The van der Waals surface area contributed by atoms with Crippen LogP contribution in [0.2, 0.25) is 0 Å². The van der Waals surface area contributed by atoms with E-state index in [9.17, 15) is 38.3 Å². The number of nitrogens with zero attached hydrogens (tertiary/aromatic N) is 1. The van der Waals surface area contributed by atoms with Gasteiger partial charge in [0, 0.05) is 40.7 Å². The maximum Gasteiger partial charge on any atom is 0.510 e. The number of aromatic nitrogens is 2. The molecule has 1 aliphatic rings. The van der Waals surface area contributed by atoms with Crippen LogP contribution in [0.25, 0.3) is 0 Å². The van der Waals surface area contributed by atoms with Gasteiger partial charge in [0.1, 0.15) is 18.4 Å². The van der Waals surface area contributed by atoms with Gasteiger partial charge in [-0.1, -0.05) is 0 Å². The molecule has 23 heteroatoms. The fourth-order valence-corrected chi connectivity index (χ4v) is 5.09. The number of phosphoric acid groups is 1. The van der Waals surface area contributed by atoms with Crippen LogP contribution in [-0.4, -0.2) is 137 Å². The first kappa shape index (κ1) is 40.2. The summed E-state index contributed by atoms with van der Waals surface area (Å²) in [6, 6.07) is 0.862. The van der Waals surface area contributed by atoms with E-state index in [1.807, 2.05) is 4.98 Å². The number of aliphatic hydroxyl groups excluding tert-OH is 1. The van der Waals surface area contributed by atoms with Gasteiger partial charge in [0.05, 0.1) is 26.4 Å². The Bertz CT molecular complexity index is 1260. The van der Waals surface area contributed by atoms with Crippen LogP contribution in [0.4, 0.5) is 14.0 Å². The van der Waals surface area contributed by atoms with Crippen molar-refractivity contribution < 1.29 is 85.0 Å². The molecule has 0 saturated carbocycles. The lowest BCUT2D eigenvalue weighted by Gasteiger charge is -2.32. The van der Waals surface area contributed by atoms with Crippen molar-refractivity contribution in [1.29, 1.82) is 0 Å². The van der Waals surface area contributed by atoms with Crippen molar-refractivity contribution in [2.75, 3.05) is 75.1 Å². The van der Waals surface area contributed by atoms with Gasteiger partial charge in [0.2, 0.25) is 19.4 Å². The van der Waals surface area contributed by atoms with Gasteiger partial charge in [-0.05, 0) is 6.92 Å². The summed E-state index contributed by atoms with van der Waals surface area (Å²) in [6.45, 7) is -3.86. The minimum Gasteiger partial charge on any atom is -0.426 e. The Kier molecular flexibility index (Phi) is 15.8. The molecule has 0 aromatic carbocycles. The van der Waals surface area contributed by atoms with Gasteiger partial charge in [-0.15, -0.1) is 0 Å². The van der Waals surface area contributed by atoms with E-state index in [4.69, 9.17) is 56.2 Å². The molecule has 0 spiro atoms. The topological polar surface area (TPSA) is 257 Å². The number of carbonyl (C=O) groups excluding carboxylic acids is 2. The Morgan fingerprint density at radius 2 is 1.45 bits per heavy atom. The molecule has 2 heterocycles. The number of hydrogen-bond donors (Lipinski definition) is 3. The van der Waals surface area contributed by atoms with E-state index in [2.05, 4.69) is 0 Å². The number of rotatable bonds is 20. The van der Waals surface area contributed by atoms with Crippen LogP contribution >= 0.6 is 7.82 Å². The van der Waals surface area contributed by atoms with Crippen LogP contribution in [0.3, 0.4) is 0 Å². The number of H-pyrrole nitrogens is 1. The Labute approximate surface area is 266 Å². The first-order chi connectivity index (χ1) is 22.2. The molecule has 0 radical (unpaired) electrons. The highest BCUT2D eigenvalue weighted by Crippen LogP contribution is 2.58. The zero-order valence-electron chi connectivity index (χ0n) is 26.0. The van der Waals surface area contributed by atoms with E-state index in [1.54, 1.807) is 0 Å². The highest BCUT2D eigenvalue weighted by atomic mass is 31.2. The van der Waals surface area contributed by atoms with Crippen LogP contribution < -0.4 is 11.2 Å². The van der Waals surface area contributed by atoms with Crippen molar-refractivity contribution in [2.45, 2.75) is 42.9 Å². The number of nitrogens with one attached hydrogen (secondary N) is 1. The van der Waals surface area contributed by atoms with Gasteiger partial charge < -0.3 is 52.8 Å². The van der Waals surface area contributed by atoms with Gasteiger partial charge in [-0.3, -0.25) is 14.3 Å². The summed E-state index contributed by atoms with van der Waals surface area (Å²) in [6.07, 6.45) is -8.14. The van der Waals surface area contributed by atoms with Crippen molar-refractivity contribution in [3.05, 3.63) is 33.1 Å². The van der Waals surface area contributed by atoms with E-state index in [1.165, 1.54) is 28.4 Å². The zero-order valence-corrected chi connectivity index (χ0v) is 26.9. The summed E-state index contributed by atoms with van der Waals surface area (Å²) in [5, 5.41) is 21.9. The van der Waals surface area contributed by atoms with Crippen molar-refractivity contribution in [2.24, 2.45) is 0 Å². The minimum absolute atomic E-state index is 0.0920. The molecule has 1 saturated heterocycles. The maximum atomic E-state index is 14.7.